The molecular weight excluding hydrogens is 412 g/mol. The second kappa shape index (κ2) is 7.81. The fraction of sp³-hybridized carbons (Fsp3) is 0.389. The number of imidazole rings is 1. The lowest BCUT2D eigenvalue weighted by atomic mass is 10.1. The van der Waals surface area contributed by atoms with Crippen molar-refractivity contribution in [2.24, 2.45) is 0 Å². The van der Waals surface area contributed by atoms with E-state index in [1.807, 2.05) is 10.6 Å². The first kappa shape index (κ1) is 19.9. The van der Waals surface area contributed by atoms with E-state index in [1.165, 1.54) is 30.7 Å². The molecule has 11 heteroatoms. The highest BCUT2D eigenvalue weighted by Crippen LogP contribution is 2.37. The smallest absolute Gasteiger partial charge is 0.211 e. The Hall–Kier alpha value is -2.37. The average Bonchev–Trinajstić information content (AvgIpc) is 3.27. The van der Waals surface area contributed by atoms with Gasteiger partial charge in [-0.15, -0.1) is 0 Å². The van der Waals surface area contributed by atoms with E-state index < -0.39 is 10.0 Å². The number of ether oxygens (including phenoxy) is 1. The predicted octanol–water partition coefficient (Wildman–Crippen LogP) is 1.74. The Balaban J connectivity index is 1.69. The lowest BCUT2D eigenvalue weighted by molar-refractivity contribution is 0.356. The highest BCUT2D eigenvalue weighted by atomic mass is 32.2. The summed E-state index contributed by atoms with van der Waals surface area (Å²) in [5.41, 5.74) is 9.45. The van der Waals surface area contributed by atoms with E-state index >= 15 is 0 Å². The minimum atomic E-state index is -3.28. The SMILES string of the molecule is CNS(=O)(=O)CCCn1c(Sc2cc3c(cc2C)CCO3)nc2c(N)ncnc21. The third-order valence-corrected chi connectivity index (χ3v) is 7.42. The van der Waals surface area contributed by atoms with Crippen molar-refractivity contribution in [2.75, 3.05) is 25.1 Å². The van der Waals surface area contributed by atoms with Crippen LogP contribution in [0.3, 0.4) is 0 Å². The number of benzene rings is 1. The van der Waals surface area contributed by atoms with E-state index in [9.17, 15) is 8.42 Å². The Kier molecular flexibility index (Phi) is 5.36. The fourth-order valence-corrected chi connectivity index (χ4v) is 4.99. The number of hydrogen-bond donors (Lipinski definition) is 2. The van der Waals surface area contributed by atoms with E-state index in [-0.39, 0.29) is 5.75 Å². The van der Waals surface area contributed by atoms with E-state index in [4.69, 9.17) is 10.5 Å². The molecule has 0 saturated heterocycles. The molecule has 9 nitrogen and oxygen atoms in total. The number of nitrogens with two attached hydrogens (primary N) is 1. The first-order valence-electron chi connectivity index (χ1n) is 9.20. The monoisotopic (exact) mass is 434 g/mol. The molecule has 1 aromatic carbocycles. The average molecular weight is 435 g/mol. The van der Waals surface area contributed by atoms with Crippen LogP contribution in [0.15, 0.2) is 28.5 Å². The van der Waals surface area contributed by atoms with Crippen LogP contribution in [0.4, 0.5) is 5.82 Å². The maximum Gasteiger partial charge on any atom is 0.211 e. The van der Waals surface area contributed by atoms with Crippen LogP contribution >= 0.6 is 11.8 Å². The van der Waals surface area contributed by atoms with Crippen LogP contribution in [0.25, 0.3) is 11.2 Å². The second-order valence-corrected chi connectivity index (χ2v) is 9.83. The zero-order chi connectivity index (χ0) is 20.6. The first-order valence-corrected chi connectivity index (χ1v) is 11.7. The molecule has 0 saturated carbocycles. The summed E-state index contributed by atoms with van der Waals surface area (Å²) in [4.78, 5) is 14.0. The van der Waals surface area contributed by atoms with Crippen LogP contribution in [0.2, 0.25) is 0 Å². The number of fused-ring (bicyclic) bond motifs is 2. The van der Waals surface area contributed by atoms with Gasteiger partial charge in [0.1, 0.15) is 12.1 Å². The number of aromatic nitrogens is 4. The van der Waals surface area contributed by atoms with Crippen molar-refractivity contribution in [1.82, 2.24) is 24.2 Å². The number of aryl methyl sites for hydroxylation is 2. The summed E-state index contributed by atoms with van der Waals surface area (Å²) >= 11 is 1.49. The molecule has 29 heavy (non-hydrogen) atoms. The molecule has 0 aliphatic carbocycles. The van der Waals surface area contributed by atoms with Crippen molar-refractivity contribution in [2.45, 2.75) is 36.4 Å². The normalized spacial score (nSPS) is 13.6. The molecule has 0 bridgehead atoms. The molecular formula is C18H22N6O3S2. The predicted molar refractivity (Wildman–Crippen MR) is 112 cm³/mol. The van der Waals surface area contributed by atoms with Crippen LogP contribution < -0.4 is 15.2 Å². The van der Waals surface area contributed by atoms with Crippen molar-refractivity contribution in [3.63, 3.8) is 0 Å². The Morgan fingerprint density at radius 2 is 2.17 bits per heavy atom. The Bertz CT molecular complexity index is 1180. The summed E-state index contributed by atoms with van der Waals surface area (Å²) in [6, 6.07) is 4.18. The third-order valence-electron chi connectivity index (χ3n) is 4.82. The van der Waals surface area contributed by atoms with Crippen LogP contribution in [-0.2, 0) is 23.0 Å². The van der Waals surface area contributed by atoms with Crippen LogP contribution in [0, 0.1) is 6.92 Å². The number of rotatable bonds is 7. The standard InChI is InChI=1S/C18H22N6O3S2/c1-11-8-12-4-6-27-13(12)9-14(11)28-18-23-15-16(19)21-10-22-17(15)24(18)5-3-7-29(25,26)20-2/h8-10,20H,3-7H2,1-2H3,(H2,19,21,22). The van der Waals surface area contributed by atoms with Crippen LogP contribution in [-0.4, -0.2) is 47.3 Å². The maximum atomic E-state index is 11.8. The van der Waals surface area contributed by atoms with Crippen molar-refractivity contribution < 1.29 is 13.2 Å². The summed E-state index contributed by atoms with van der Waals surface area (Å²) in [5.74, 6) is 1.21. The molecule has 0 fully saturated rings. The number of nitrogens with one attached hydrogen (secondary N) is 1. The summed E-state index contributed by atoms with van der Waals surface area (Å²) < 4.78 is 33.5. The first-order chi connectivity index (χ1) is 13.9. The molecule has 3 aromatic rings. The molecule has 2 aromatic heterocycles. The van der Waals surface area contributed by atoms with Crippen molar-refractivity contribution >= 4 is 38.8 Å². The lowest BCUT2D eigenvalue weighted by Crippen LogP contribution is -2.22. The molecule has 4 rings (SSSR count). The zero-order valence-electron chi connectivity index (χ0n) is 16.2. The van der Waals surface area contributed by atoms with Gasteiger partial charge in [0.05, 0.1) is 12.4 Å². The van der Waals surface area contributed by atoms with Gasteiger partial charge >= 0.3 is 0 Å². The quantitative estimate of drug-likeness (QED) is 0.576. The lowest BCUT2D eigenvalue weighted by Gasteiger charge is -2.11. The Morgan fingerprint density at radius 3 is 2.97 bits per heavy atom. The number of hydrogen-bond acceptors (Lipinski definition) is 8. The number of nitrogen functional groups attached to an aromatic ring is 1. The molecule has 0 spiro atoms. The van der Waals surface area contributed by atoms with Gasteiger partial charge in [0.25, 0.3) is 0 Å². The number of nitrogens with zero attached hydrogens (tertiary/aromatic N) is 4. The van der Waals surface area contributed by atoms with E-state index in [0.29, 0.717) is 41.7 Å². The van der Waals surface area contributed by atoms with Gasteiger partial charge in [-0.25, -0.2) is 28.1 Å². The van der Waals surface area contributed by atoms with Crippen LogP contribution in [0.5, 0.6) is 5.75 Å². The van der Waals surface area contributed by atoms with E-state index in [1.54, 1.807) is 0 Å². The highest BCUT2D eigenvalue weighted by molar-refractivity contribution is 7.99. The van der Waals surface area contributed by atoms with Gasteiger partial charge in [-0.2, -0.15) is 0 Å². The molecule has 0 amide bonds. The van der Waals surface area contributed by atoms with Gasteiger partial charge in [-0.1, -0.05) is 17.8 Å². The fourth-order valence-electron chi connectivity index (χ4n) is 3.27. The third kappa shape index (κ3) is 4.02. The molecule has 1 aliphatic heterocycles. The largest absolute Gasteiger partial charge is 0.493 e. The Morgan fingerprint density at radius 1 is 1.34 bits per heavy atom. The van der Waals surface area contributed by atoms with Gasteiger partial charge in [-0.3, -0.25) is 0 Å². The maximum absolute atomic E-state index is 11.8. The molecule has 154 valence electrons. The summed E-state index contributed by atoms with van der Waals surface area (Å²) in [6.07, 6.45) is 2.73. The molecule has 0 unspecified atom stereocenters. The molecule has 0 atom stereocenters. The van der Waals surface area contributed by atoms with E-state index in [0.717, 1.165) is 22.6 Å². The van der Waals surface area contributed by atoms with Crippen molar-refractivity contribution in [1.29, 1.82) is 0 Å². The number of sulfonamides is 1. The minimum absolute atomic E-state index is 0.0135. The van der Waals surface area contributed by atoms with Gasteiger partial charge < -0.3 is 15.0 Å². The van der Waals surface area contributed by atoms with Crippen LogP contribution in [0.1, 0.15) is 17.5 Å². The zero-order valence-corrected chi connectivity index (χ0v) is 17.8. The van der Waals surface area contributed by atoms with Crippen molar-refractivity contribution in [3.8, 4) is 5.75 Å². The summed E-state index contributed by atoms with van der Waals surface area (Å²) in [6.45, 7) is 3.20. The van der Waals surface area contributed by atoms with Gasteiger partial charge in [0.2, 0.25) is 10.0 Å². The molecule has 0 radical (unpaired) electrons. The number of anilines is 1. The topological polar surface area (TPSA) is 125 Å². The second-order valence-electron chi connectivity index (χ2n) is 6.78. The summed E-state index contributed by atoms with van der Waals surface area (Å²) in [5, 5.41) is 0.690. The van der Waals surface area contributed by atoms with Gasteiger partial charge in [0.15, 0.2) is 22.1 Å². The minimum Gasteiger partial charge on any atom is -0.493 e. The van der Waals surface area contributed by atoms with Gasteiger partial charge in [0, 0.05) is 17.9 Å². The van der Waals surface area contributed by atoms with Crippen molar-refractivity contribution in [3.05, 3.63) is 29.6 Å². The Labute approximate surface area is 173 Å². The van der Waals surface area contributed by atoms with Gasteiger partial charge in [-0.05, 0) is 37.6 Å². The highest BCUT2D eigenvalue weighted by Gasteiger charge is 2.20. The molecule has 3 N–H and O–H groups in total. The molecule has 1 aliphatic rings. The van der Waals surface area contributed by atoms with E-state index in [2.05, 4.69) is 32.7 Å². The molecule has 3 heterocycles. The summed E-state index contributed by atoms with van der Waals surface area (Å²) in [7, 11) is -1.87.